The highest BCUT2D eigenvalue weighted by Crippen LogP contribution is 2.17. The zero-order valence-electron chi connectivity index (χ0n) is 9.57. The number of hydrogen-bond donors (Lipinski definition) is 3. The van der Waals surface area contributed by atoms with E-state index in [1.54, 1.807) is 6.20 Å². The number of H-pyrrole nitrogens is 1. The van der Waals surface area contributed by atoms with Gasteiger partial charge in [-0.05, 0) is 18.9 Å². The number of amides is 1. The zero-order chi connectivity index (χ0) is 12.1. The third kappa shape index (κ3) is 2.65. The fourth-order valence-corrected chi connectivity index (χ4v) is 1.79. The van der Waals surface area contributed by atoms with Crippen molar-refractivity contribution in [2.24, 2.45) is 0 Å². The summed E-state index contributed by atoms with van der Waals surface area (Å²) in [5.41, 5.74) is 1.64. The zero-order valence-corrected chi connectivity index (χ0v) is 9.57. The Morgan fingerprint density at radius 2 is 2.12 bits per heavy atom. The lowest BCUT2D eigenvalue weighted by atomic mass is 10.1. The lowest BCUT2D eigenvalue weighted by Gasteiger charge is -2.03. The van der Waals surface area contributed by atoms with Gasteiger partial charge < -0.3 is 15.4 Å². The van der Waals surface area contributed by atoms with E-state index < -0.39 is 0 Å². The van der Waals surface area contributed by atoms with Crippen molar-refractivity contribution in [1.82, 2.24) is 10.3 Å². The molecule has 0 fully saturated rings. The van der Waals surface area contributed by atoms with E-state index in [-0.39, 0.29) is 12.5 Å². The Labute approximate surface area is 99.7 Å². The van der Waals surface area contributed by atoms with Crippen LogP contribution in [0.25, 0.3) is 10.9 Å². The standard InChI is InChI=1S/C13H16N2O2/c16-8-4-3-7-14-13(17)11-9-15-12-6-2-1-5-10(11)12/h1-2,5-6,9,15-16H,3-4,7-8H2,(H,14,17). The summed E-state index contributed by atoms with van der Waals surface area (Å²) in [6.45, 7) is 0.766. The largest absolute Gasteiger partial charge is 0.396 e. The number of aliphatic hydroxyl groups is 1. The Bertz CT molecular complexity index is 505. The van der Waals surface area contributed by atoms with Crippen molar-refractivity contribution >= 4 is 16.8 Å². The molecule has 0 radical (unpaired) electrons. The monoisotopic (exact) mass is 232 g/mol. The molecule has 4 heteroatoms. The summed E-state index contributed by atoms with van der Waals surface area (Å²) < 4.78 is 0. The van der Waals surface area contributed by atoms with Crippen molar-refractivity contribution in [3.8, 4) is 0 Å². The minimum Gasteiger partial charge on any atom is -0.396 e. The van der Waals surface area contributed by atoms with Crippen LogP contribution in [0.2, 0.25) is 0 Å². The van der Waals surface area contributed by atoms with E-state index in [4.69, 9.17) is 5.11 Å². The highest BCUT2D eigenvalue weighted by atomic mass is 16.2. The normalized spacial score (nSPS) is 10.6. The third-order valence-corrected chi connectivity index (χ3v) is 2.70. The second kappa shape index (κ2) is 5.50. The number of carbonyl (C=O) groups is 1. The van der Waals surface area contributed by atoms with Crippen LogP contribution in [0.15, 0.2) is 30.5 Å². The van der Waals surface area contributed by atoms with E-state index in [9.17, 15) is 4.79 Å². The molecule has 0 aliphatic heterocycles. The molecular weight excluding hydrogens is 216 g/mol. The molecule has 2 rings (SSSR count). The quantitative estimate of drug-likeness (QED) is 0.686. The van der Waals surface area contributed by atoms with Crippen molar-refractivity contribution in [1.29, 1.82) is 0 Å². The average molecular weight is 232 g/mol. The van der Waals surface area contributed by atoms with Crippen molar-refractivity contribution in [2.75, 3.05) is 13.2 Å². The number of aromatic amines is 1. The summed E-state index contributed by atoms with van der Waals surface area (Å²) in [4.78, 5) is 15.0. The second-order valence-corrected chi connectivity index (χ2v) is 3.93. The van der Waals surface area contributed by atoms with E-state index in [1.807, 2.05) is 24.3 Å². The molecule has 4 nitrogen and oxygen atoms in total. The van der Waals surface area contributed by atoms with Gasteiger partial charge in [0.1, 0.15) is 0 Å². The van der Waals surface area contributed by atoms with Crippen LogP contribution in [-0.4, -0.2) is 29.1 Å². The Balaban J connectivity index is 2.04. The number of para-hydroxylation sites is 1. The first kappa shape index (κ1) is 11.7. The van der Waals surface area contributed by atoms with E-state index in [1.165, 1.54) is 0 Å². The summed E-state index contributed by atoms with van der Waals surface area (Å²) in [5, 5.41) is 12.4. The molecule has 1 aromatic heterocycles. The highest BCUT2D eigenvalue weighted by molar-refractivity contribution is 6.06. The molecule has 90 valence electrons. The predicted octanol–water partition coefficient (Wildman–Crippen LogP) is 1.67. The van der Waals surface area contributed by atoms with Crippen LogP contribution in [0.4, 0.5) is 0 Å². The Morgan fingerprint density at radius 3 is 2.94 bits per heavy atom. The second-order valence-electron chi connectivity index (χ2n) is 3.93. The van der Waals surface area contributed by atoms with Crippen LogP contribution < -0.4 is 5.32 Å². The number of aliphatic hydroxyl groups excluding tert-OH is 1. The van der Waals surface area contributed by atoms with Crippen LogP contribution in [0.1, 0.15) is 23.2 Å². The van der Waals surface area contributed by atoms with Gasteiger partial charge in [-0.25, -0.2) is 0 Å². The van der Waals surface area contributed by atoms with Crippen LogP contribution in [0, 0.1) is 0 Å². The van der Waals surface area contributed by atoms with Gasteiger partial charge in [-0.1, -0.05) is 18.2 Å². The molecule has 0 aliphatic carbocycles. The predicted molar refractivity (Wildman–Crippen MR) is 67.0 cm³/mol. The molecule has 0 bridgehead atoms. The maximum atomic E-state index is 11.9. The molecule has 2 aromatic rings. The number of benzene rings is 1. The molecular formula is C13H16N2O2. The Kier molecular flexibility index (Phi) is 3.77. The van der Waals surface area contributed by atoms with Crippen molar-refractivity contribution in [2.45, 2.75) is 12.8 Å². The minimum absolute atomic E-state index is 0.0691. The van der Waals surface area contributed by atoms with Crippen molar-refractivity contribution in [3.63, 3.8) is 0 Å². The smallest absolute Gasteiger partial charge is 0.253 e. The lowest BCUT2D eigenvalue weighted by molar-refractivity contribution is 0.0954. The van der Waals surface area contributed by atoms with E-state index in [0.717, 1.165) is 17.3 Å². The molecule has 1 amide bonds. The number of fused-ring (bicyclic) bond motifs is 1. The SMILES string of the molecule is O=C(NCCCCO)c1c[nH]c2ccccc12. The van der Waals surface area contributed by atoms with Crippen LogP contribution >= 0.6 is 0 Å². The molecule has 1 aromatic carbocycles. The molecule has 0 spiro atoms. The molecule has 17 heavy (non-hydrogen) atoms. The van der Waals surface area contributed by atoms with Crippen LogP contribution in [0.3, 0.4) is 0 Å². The number of unbranched alkanes of at least 4 members (excludes halogenated alkanes) is 1. The Hall–Kier alpha value is -1.81. The molecule has 0 saturated carbocycles. The van der Waals surface area contributed by atoms with Crippen LogP contribution in [0.5, 0.6) is 0 Å². The maximum absolute atomic E-state index is 11.9. The molecule has 0 atom stereocenters. The first-order valence-corrected chi connectivity index (χ1v) is 5.78. The van der Waals surface area contributed by atoms with Gasteiger partial charge in [-0.15, -0.1) is 0 Å². The summed E-state index contributed by atoms with van der Waals surface area (Å²) in [7, 11) is 0. The van der Waals surface area contributed by atoms with Gasteiger partial charge in [0, 0.05) is 30.3 Å². The van der Waals surface area contributed by atoms with E-state index >= 15 is 0 Å². The molecule has 0 saturated heterocycles. The van der Waals surface area contributed by atoms with Gasteiger partial charge in [-0.2, -0.15) is 0 Å². The molecule has 1 heterocycles. The Morgan fingerprint density at radius 1 is 1.29 bits per heavy atom. The number of nitrogens with one attached hydrogen (secondary N) is 2. The van der Waals surface area contributed by atoms with Gasteiger partial charge in [0.2, 0.25) is 0 Å². The maximum Gasteiger partial charge on any atom is 0.253 e. The minimum atomic E-state index is -0.0691. The van der Waals surface area contributed by atoms with Gasteiger partial charge in [0.25, 0.3) is 5.91 Å². The number of rotatable bonds is 5. The summed E-state index contributed by atoms with van der Waals surface area (Å²) >= 11 is 0. The fourth-order valence-electron chi connectivity index (χ4n) is 1.79. The van der Waals surface area contributed by atoms with E-state index in [0.29, 0.717) is 18.5 Å². The van der Waals surface area contributed by atoms with Crippen LogP contribution in [-0.2, 0) is 0 Å². The van der Waals surface area contributed by atoms with Crippen molar-refractivity contribution < 1.29 is 9.90 Å². The number of hydrogen-bond acceptors (Lipinski definition) is 2. The van der Waals surface area contributed by atoms with Gasteiger partial charge in [0.15, 0.2) is 0 Å². The van der Waals surface area contributed by atoms with Gasteiger partial charge in [0.05, 0.1) is 5.56 Å². The number of aromatic nitrogens is 1. The first-order chi connectivity index (χ1) is 8.33. The van der Waals surface area contributed by atoms with Gasteiger partial charge >= 0.3 is 0 Å². The summed E-state index contributed by atoms with van der Waals surface area (Å²) in [6, 6.07) is 7.72. The lowest BCUT2D eigenvalue weighted by Crippen LogP contribution is -2.24. The topological polar surface area (TPSA) is 65.1 Å². The summed E-state index contributed by atoms with van der Waals surface area (Å²) in [5.74, 6) is -0.0691. The van der Waals surface area contributed by atoms with Gasteiger partial charge in [-0.3, -0.25) is 4.79 Å². The first-order valence-electron chi connectivity index (χ1n) is 5.78. The molecule has 3 N–H and O–H groups in total. The number of carbonyl (C=O) groups excluding carboxylic acids is 1. The van der Waals surface area contributed by atoms with Crippen molar-refractivity contribution in [3.05, 3.63) is 36.0 Å². The fraction of sp³-hybridized carbons (Fsp3) is 0.308. The van der Waals surface area contributed by atoms with E-state index in [2.05, 4.69) is 10.3 Å². The highest BCUT2D eigenvalue weighted by Gasteiger charge is 2.10. The molecule has 0 aliphatic rings. The average Bonchev–Trinajstić information content (AvgIpc) is 2.78. The third-order valence-electron chi connectivity index (χ3n) is 2.70. The summed E-state index contributed by atoms with van der Waals surface area (Å²) in [6.07, 6.45) is 3.24. The molecule has 0 unspecified atom stereocenters.